The highest BCUT2D eigenvalue weighted by molar-refractivity contribution is 6.89. The predicted molar refractivity (Wildman–Crippen MR) is 125 cm³/mol. The molecule has 0 aliphatic heterocycles. The van der Waals surface area contributed by atoms with Crippen LogP contribution in [0.3, 0.4) is 0 Å². The first kappa shape index (κ1) is 21.3. The first-order valence-corrected chi connectivity index (χ1v) is 13.6. The molecule has 0 fully saturated rings. The monoisotopic (exact) mass is 404 g/mol. The van der Waals surface area contributed by atoms with Crippen molar-refractivity contribution in [1.29, 1.82) is 0 Å². The highest BCUT2D eigenvalue weighted by Crippen LogP contribution is 2.17. The summed E-state index contributed by atoms with van der Waals surface area (Å²) in [5, 5.41) is 10.6. The van der Waals surface area contributed by atoms with E-state index in [0.717, 1.165) is 17.7 Å². The summed E-state index contributed by atoms with van der Waals surface area (Å²) in [6, 6.07) is 26.8. The summed E-state index contributed by atoms with van der Waals surface area (Å²) >= 11 is 0. The summed E-state index contributed by atoms with van der Waals surface area (Å²) in [4.78, 5) is 0. The summed E-state index contributed by atoms with van der Waals surface area (Å²) < 4.78 is 5.87. The summed E-state index contributed by atoms with van der Waals surface area (Å²) in [6.07, 6.45) is 2.41. The lowest BCUT2D eigenvalue weighted by Gasteiger charge is -2.23. The van der Waals surface area contributed by atoms with E-state index in [1.165, 1.54) is 34.3 Å². The van der Waals surface area contributed by atoms with Crippen molar-refractivity contribution < 1.29 is 9.84 Å². The third kappa shape index (κ3) is 6.31. The minimum Gasteiger partial charge on any atom is -0.489 e. The van der Waals surface area contributed by atoms with Gasteiger partial charge < -0.3 is 9.84 Å². The molecule has 2 nitrogen and oxygen atoms in total. The van der Waals surface area contributed by atoms with E-state index in [4.69, 9.17) is 9.84 Å². The van der Waals surface area contributed by atoms with Crippen molar-refractivity contribution in [3.8, 4) is 5.75 Å². The molecule has 0 atom stereocenters. The molecule has 0 heterocycles. The first-order chi connectivity index (χ1) is 14.0. The van der Waals surface area contributed by atoms with Crippen LogP contribution >= 0.6 is 0 Å². The summed E-state index contributed by atoms with van der Waals surface area (Å²) in [6.45, 7) is 7.70. The number of aliphatic hydroxyl groups is 1. The number of aryl methyl sites for hydroxylation is 2. The van der Waals surface area contributed by atoms with Gasteiger partial charge in [0.15, 0.2) is 0 Å². The molecule has 0 aliphatic rings. The van der Waals surface area contributed by atoms with Crippen molar-refractivity contribution in [2.45, 2.75) is 52.1 Å². The third-order valence-electron chi connectivity index (χ3n) is 5.63. The Morgan fingerprint density at radius 3 is 1.97 bits per heavy atom. The van der Waals surface area contributed by atoms with Gasteiger partial charge in [-0.1, -0.05) is 97.0 Å². The third-order valence-corrected chi connectivity index (χ3v) is 9.13. The van der Waals surface area contributed by atoms with Crippen molar-refractivity contribution in [1.82, 2.24) is 0 Å². The lowest BCUT2D eigenvalue weighted by molar-refractivity contribution is 0.280. The van der Waals surface area contributed by atoms with Gasteiger partial charge >= 0.3 is 0 Å². The molecule has 0 spiro atoms. The second-order valence-corrected chi connectivity index (χ2v) is 13.4. The van der Waals surface area contributed by atoms with Crippen LogP contribution in [0.2, 0.25) is 19.1 Å². The van der Waals surface area contributed by atoms with Gasteiger partial charge in [0.05, 0.1) is 14.7 Å². The second-order valence-electron chi connectivity index (χ2n) is 8.51. The highest BCUT2D eigenvalue weighted by atomic mass is 28.3. The zero-order valence-corrected chi connectivity index (χ0v) is 18.8. The molecule has 3 aromatic carbocycles. The Labute approximate surface area is 176 Å². The Kier molecular flexibility index (Phi) is 7.29. The number of ether oxygens (including phenoxy) is 1. The summed E-state index contributed by atoms with van der Waals surface area (Å²) in [5.41, 5.74) is 4.86. The van der Waals surface area contributed by atoms with Crippen LogP contribution in [0.4, 0.5) is 0 Å². The molecular formula is C26H32O2Si. The molecule has 0 saturated carbocycles. The van der Waals surface area contributed by atoms with Gasteiger partial charge in [-0.15, -0.1) is 0 Å². The van der Waals surface area contributed by atoms with E-state index in [2.05, 4.69) is 68.5 Å². The lowest BCUT2D eigenvalue weighted by Crippen LogP contribution is -2.41. The molecule has 0 bridgehead atoms. The van der Waals surface area contributed by atoms with Crippen LogP contribution in [0, 0.1) is 6.92 Å². The quantitative estimate of drug-likeness (QED) is 0.469. The number of hydrogen-bond acceptors (Lipinski definition) is 2. The van der Waals surface area contributed by atoms with Crippen molar-refractivity contribution in [3.05, 3.63) is 95.1 Å². The van der Waals surface area contributed by atoms with E-state index in [9.17, 15) is 0 Å². The number of hydrogen-bond donors (Lipinski definition) is 1. The van der Waals surface area contributed by atoms with Crippen LogP contribution in [-0.4, -0.2) is 13.2 Å². The van der Waals surface area contributed by atoms with Gasteiger partial charge in [0, 0.05) is 0 Å². The molecule has 3 aromatic rings. The zero-order valence-electron chi connectivity index (χ0n) is 17.8. The molecule has 0 saturated heterocycles. The Hall–Kier alpha value is -2.36. The van der Waals surface area contributed by atoms with E-state index in [0.29, 0.717) is 6.61 Å². The van der Waals surface area contributed by atoms with E-state index < -0.39 is 8.07 Å². The van der Waals surface area contributed by atoms with Crippen LogP contribution in [-0.2, 0) is 19.6 Å². The summed E-state index contributed by atoms with van der Waals surface area (Å²) in [7, 11) is -1.43. The standard InChI is InChI=1S/C26H32O2Si/c1-21-6-8-22(9-7-21)5-4-18-29(2,3)26-16-12-24(13-17-26)20-28-25-14-10-23(19-27)11-15-25/h6-17,27H,4-5,18-20H2,1-3H3. The molecular weight excluding hydrogens is 372 g/mol. The molecule has 0 aliphatic carbocycles. The van der Waals surface area contributed by atoms with Crippen molar-refractivity contribution in [3.63, 3.8) is 0 Å². The molecule has 0 radical (unpaired) electrons. The Morgan fingerprint density at radius 1 is 0.759 bits per heavy atom. The normalized spacial score (nSPS) is 11.4. The van der Waals surface area contributed by atoms with Crippen LogP contribution in [0.1, 0.15) is 28.7 Å². The number of aliphatic hydroxyl groups excluding tert-OH is 1. The van der Waals surface area contributed by atoms with Gasteiger partial charge in [0.2, 0.25) is 0 Å². The van der Waals surface area contributed by atoms with Gasteiger partial charge in [-0.2, -0.15) is 0 Å². The highest BCUT2D eigenvalue weighted by Gasteiger charge is 2.22. The maximum Gasteiger partial charge on any atom is 0.119 e. The lowest BCUT2D eigenvalue weighted by atomic mass is 10.1. The Bertz CT molecular complexity index is 882. The van der Waals surface area contributed by atoms with Gasteiger partial charge in [-0.25, -0.2) is 0 Å². The smallest absolute Gasteiger partial charge is 0.119 e. The first-order valence-electron chi connectivity index (χ1n) is 10.4. The fraction of sp³-hybridized carbons (Fsp3) is 0.308. The van der Waals surface area contributed by atoms with Crippen molar-refractivity contribution in [2.24, 2.45) is 0 Å². The maximum absolute atomic E-state index is 9.11. The molecule has 3 heteroatoms. The van der Waals surface area contributed by atoms with E-state index in [-0.39, 0.29) is 6.61 Å². The van der Waals surface area contributed by atoms with Gasteiger partial charge in [-0.3, -0.25) is 0 Å². The molecule has 3 rings (SSSR count). The Balaban J connectivity index is 1.51. The largest absolute Gasteiger partial charge is 0.489 e. The molecule has 0 unspecified atom stereocenters. The van der Waals surface area contributed by atoms with E-state index in [1.807, 2.05) is 24.3 Å². The van der Waals surface area contributed by atoms with Crippen LogP contribution < -0.4 is 9.92 Å². The van der Waals surface area contributed by atoms with Crippen molar-refractivity contribution >= 4 is 13.3 Å². The van der Waals surface area contributed by atoms with Gasteiger partial charge in [0.25, 0.3) is 0 Å². The molecule has 29 heavy (non-hydrogen) atoms. The average Bonchev–Trinajstić information content (AvgIpc) is 2.74. The van der Waals surface area contributed by atoms with Crippen LogP contribution in [0.25, 0.3) is 0 Å². The minimum atomic E-state index is -1.43. The van der Waals surface area contributed by atoms with Crippen LogP contribution in [0.5, 0.6) is 5.75 Å². The van der Waals surface area contributed by atoms with Crippen molar-refractivity contribution in [2.75, 3.05) is 0 Å². The maximum atomic E-state index is 9.11. The average molecular weight is 405 g/mol. The fourth-order valence-corrected chi connectivity index (χ4v) is 5.96. The van der Waals surface area contributed by atoms with Crippen LogP contribution in [0.15, 0.2) is 72.8 Å². The molecule has 1 N–H and O–H groups in total. The molecule has 152 valence electrons. The van der Waals surface area contributed by atoms with Gasteiger partial charge in [0.1, 0.15) is 12.4 Å². The number of benzene rings is 3. The topological polar surface area (TPSA) is 29.5 Å². The zero-order chi connectivity index (χ0) is 20.7. The minimum absolute atomic E-state index is 0.0619. The predicted octanol–water partition coefficient (Wildman–Crippen LogP) is 5.61. The summed E-state index contributed by atoms with van der Waals surface area (Å²) in [5.74, 6) is 0.831. The second kappa shape index (κ2) is 9.90. The molecule has 0 aromatic heterocycles. The van der Waals surface area contributed by atoms with Gasteiger partial charge in [-0.05, 0) is 42.2 Å². The van der Waals surface area contributed by atoms with E-state index in [1.54, 1.807) is 0 Å². The molecule has 0 amide bonds. The number of rotatable bonds is 9. The fourth-order valence-electron chi connectivity index (χ4n) is 3.54. The Morgan fingerprint density at radius 2 is 1.34 bits per heavy atom. The SMILES string of the molecule is Cc1ccc(CCC[Si](C)(C)c2ccc(COc3ccc(CO)cc3)cc2)cc1. The van der Waals surface area contributed by atoms with E-state index >= 15 is 0 Å².